The van der Waals surface area contributed by atoms with Gasteiger partial charge < -0.3 is 19.9 Å². The number of rotatable bonds is 8. The van der Waals surface area contributed by atoms with Crippen molar-refractivity contribution in [1.82, 2.24) is 29.3 Å². The van der Waals surface area contributed by atoms with E-state index in [1.54, 1.807) is 17.6 Å². The lowest BCUT2D eigenvalue weighted by Crippen LogP contribution is -2.46. The maximum absolute atomic E-state index is 13.8. The van der Waals surface area contributed by atoms with E-state index < -0.39 is 17.6 Å². The van der Waals surface area contributed by atoms with Gasteiger partial charge in [-0.15, -0.1) is 5.92 Å². The molecule has 11 nitrogen and oxygen atoms in total. The summed E-state index contributed by atoms with van der Waals surface area (Å²) < 4.78 is 50.2. The summed E-state index contributed by atoms with van der Waals surface area (Å²) in [6.45, 7) is 6.46. The molecule has 1 amide bonds. The molecule has 1 N–H and O–H groups in total. The van der Waals surface area contributed by atoms with Crippen molar-refractivity contribution in [1.29, 1.82) is 0 Å². The number of nitrogens with zero attached hydrogens (tertiary/aromatic N) is 7. The number of alkyl halides is 3. The Morgan fingerprint density at radius 2 is 1.81 bits per heavy atom. The number of anilines is 2. The largest absolute Gasteiger partial charge is 0.471 e. The number of hydrogen-bond acceptors (Lipinski definition) is 8. The van der Waals surface area contributed by atoms with E-state index in [1.807, 2.05) is 4.90 Å². The first-order valence-corrected chi connectivity index (χ1v) is 14.4. The molecule has 2 saturated heterocycles. The van der Waals surface area contributed by atoms with Crippen molar-refractivity contribution in [3.8, 4) is 23.6 Å². The molecular weight excluding hydrogens is 565 g/mol. The number of carbonyl (C=O) groups excluding carboxylic acids is 1. The summed E-state index contributed by atoms with van der Waals surface area (Å²) in [6.07, 6.45) is -2.08. The van der Waals surface area contributed by atoms with Gasteiger partial charge in [0.1, 0.15) is 0 Å². The molecule has 5 rings (SSSR count). The summed E-state index contributed by atoms with van der Waals surface area (Å²) in [5.41, 5.74) is -0.135. The summed E-state index contributed by atoms with van der Waals surface area (Å²) in [4.78, 5) is 40.3. The number of para-hydroxylation sites is 2. The minimum atomic E-state index is -5.09. The Hall–Kier alpha value is -4.09. The monoisotopic (exact) mass is 600 g/mol. The third kappa shape index (κ3) is 6.62. The molecule has 2 aliphatic rings. The van der Waals surface area contributed by atoms with Crippen LogP contribution in [0.2, 0.25) is 0 Å². The van der Waals surface area contributed by atoms with E-state index >= 15 is 0 Å². The number of likely N-dealkylation sites (tertiary alicyclic amines) is 1. The van der Waals surface area contributed by atoms with Gasteiger partial charge in [-0.1, -0.05) is 24.5 Å². The number of benzene rings is 1. The lowest BCUT2D eigenvalue weighted by atomic mass is 10.1. The molecule has 2 aliphatic heterocycles. The number of piperazine rings is 1. The van der Waals surface area contributed by atoms with Crippen LogP contribution in [-0.4, -0.2) is 88.4 Å². The van der Waals surface area contributed by atoms with Crippen molar-refractivity contribution >= 4 is 28.7 Å². The maximum Gasteiger partial charge on any atom is 0.471 e. The number of halogens is 3. The third-order valence-electron chi connectivity index (χ3n) is 7.67. The normalized spacial score (nSPS) is 16.2. The second-order valence-corrected chi connectivity index (χ2v) is 10.5. The average molecular weight is 601 g/mol. The lowest BCUT2D eigenvalue weighted by Gasteiger charge is -2.31. The van der Waals surface area contributed by atoms with E-state index in [4.69, 9.17) is 4.74 Å². The van der Waals surface area contributed by atoms with Gasteiger partial charge in [-0.05, 0) is 45.0 Å². The van der Waals surface area contributed by atoms with Gasteiger partial charge in [0.15, 0.2) is 16.9 Å². The smallest absolute Gasteiger partial charge is 0.423 e. The topological polar surface area (TPSA) is 101 Å². The molecule has 0 spiro atoms. The molecule has 0 aliphatic carbocycles. The third-order valence-corrected chi connectivity index (χ3v) is 7.67. The number of imidazole rings is 1. The molecule has 3 aromatic rings. The predicted molar refractivity (Wildman–Crippen MR) is 157 cm³/mol. The molecule has 230 valence electrons. The number of aromatic nitrogens is 4. The first kappa shape index (κ1) is 30.4. The molecule has 0 bridgehead atoms. The number of nitrogens with one attached hydrogen (secondary N) is 1. The second kappa shape index (κ2) is 13.0. The number of ether oxygens (including phenoxy) is 1. The average Bonchev–Trinajstić information content (AvgIpc) is 3.38. The summed E-state index contributed by atoms with van der Waals surface area (Å²) in [7, 11) is 1.47. The van der Waals surface area contributed by atoms with Crippen LogP contribution < -0.4 is 25.4 Å². The fourth-order valence-corrected chi connectivity index (χ4v) is 5.41. The van der Waals surface area contributed by atoms with Crippen LogP contribution in [0.25, 0.3) is 11.2 Å². The predicted octanol–water partition coefficient (Wildman–Crippen LogP) is 2.74. The molecular formula is C29H35F3N8O3. The SMILES string of the molecule is CC#CCn1c(N2CCNCC2)nc2nc(Oc3ccccc3N(CCN3CCCCC3)C(=O)C(F)(F)F)n(C)c(=O)c21. The summed E-state index contributed by atoms with van der Waals surface area (Å²) in [6, 6.07) is 5.79. The highest BCUT2D eigenvalue weighted by atomic mass is 19.4. The van der Waals surface area contributed by atoms with Gasteiger partial charge in [-0.2, -0.15) is 23.1 Å². The van der Waals surface area contributed by atoms with Crippen LogP contribution in [0.4, 0.5) is 24.8 Å². The highest BCUT2D eigenvalue weighted by Crippen LogP contribution is 2.34. The Morgan fingerprint density at radius 1 is 1.09 bits per heavy atom. The minimum Gasteiger partial charge on any atom is -0.423 e. The maximum atomic E-state index is 13.8. The first-order valence-electron chi connectivity index (χ1n) is 14.4. The van der Waals surface area contributed by atoms with Crippen molar-refractivity contribution in [2.75, 3.05) is 62.2 Å². The summed E-state index contributed by atoms with van der Waals surface area (Å²) in [5.74, 6) is 4.36. The first-order chi connectivity index (χ1) is 20.7. The molecule has 0 unspecified atom stereocenters. The Bertz CT molecular complexity index is 1580. The van der Waals surface area contributed by atoms with Gasteiger partial charge in [-0.25, -0.2) is 0 Å². The Kier molecular flexibility index (Phi) is 9.22. The van der Waals surface area contributed by atoms with E-state index in [1.165, 1.54) is 29.8 Å². The molecule has 14 heteroatoms. The zero-order valence-electron chi connectivity index (χ0n) is 24.3. The zero-order chi connectivity index (χ0) is 30.6. The molecule has 2 fully saturated rings. The van der Waals surface area contributed by atoms with E-state index in [2.05, 4.69) is 32.0 Å². The Morgan fingerprint density at radius 3 is 2.51 bits per heavy atom. The van der Waals surface area contributed by atoms with Crippen LogP contribution in [0.15, 0.2) is 29.1 Å². The highest BCUT2D eigenvalue weighted by Gasteiger charge is 2.44. The van der Waals surface area contributed by atoms with Gasteiger partial charge in [0, 0.05) is 46.3 Å². The van der Waals surface area contributed by atoms with E-state index in [-0.39, 0.29) is 48.2 Å². The fraction of sp³-hybridized carbons (Fsp3) is 0.517. The Labute approximate surface area is 247 Å². The van der Waals surface area contributed by atoms with Crippen molar-refractivity contribution in [2.24, 2.45) is 7.05 Å². The molecule has 2 aromatic heterocycles. The second-order valence-electron chi connectivity index (χ2n) is 10.5. The van der Waals surface area contributed by atoms with Crippen LogP contribution >= 0.6 is 0 Å². The highest BCUT2D eigenvalue weighted by molar-refractivity contribution is 5.98. The zero-order valence-corrected chi connectivity index (χ0v) is 24.3. The van der Waals surface area contributed by atoms with Crippen molar-refractivity contribution < 1.29 is 22.7 Å². The van der Waals surface area contributed by atoms with Crippen LogP contribution in [0.3, 0.4) is 0 Å². The van der Waals surface area contributed by atoms with Gasteiger partial charge in [0.05, 0.1) is 12.2 Å². The molecule has 0 radical (unpaired) electrons. The molecule has 43 heavy (non-hydrogen) atoms. The standard InChI is InChI=1S/C29H35F3N8O3/c1-3-4-16-40-23-24(34-27(40)38-17-12-33-13-18-38)35-28(36(2)25(23)41)43-22-11-7-6-10-21(22)39(26(42)29(30,31)32)20-19-37-14-8-5-9-15-37/h6-7,10-11,33H,5,8-9,12-20H2,1-2H3. The van der Waals surface area contributed by atoms with Crippen molar-refractivity contribution in [2.45, 2.75) is 38.9 Å². The van der Waals surface area contributed by atoms with Crippen LogP contribution in [0.1, 0.15) is 26.2 Å². The van der Waals surface area contributed by atoms with Crippen LogP contribution in [-0.2, 0) is 18.4 Å². The van der Waals surface area contributed by atoms with Crippen molar-refractivity contribution in [3.63, 3.8) is 0 Å². The number of fused-ring (bicyclic) bond motifs is 1. The summed E-state index contributed by atoms with van der Waals surface area (Å²) in [5, 5.41) is 3.29. The van der Waals surface area contributed by atoms with Gasteiger partial charge in [0.2, 0.25) is 5.95 Å². The molecule has 1 aromatic carbocycles. The summed E-state index contributed by atoms with van der Waals surface area (Å²) >= 11 is 0. The lowest BCUT2D eigenvalue weighted by molar-refractivity contribution is -0.170. The van der Waals surface area contributed by atoms with Crippen molar-refractivity contribution in [3.05, 3.63) is 34.6 Å². The number of carbonyl (C=O) groups is 1. The van der Waals surface area contributed by atoms with Gasteiger partial charge >= 0.3 is 18.1 Å². The van der Waals surface area contributed by atoms with E-state index in [0.717, 1.165) is 45.4 Å². The van der Waals surface area contributed by atoms with Gasteiger partial charge in [-0.3, -0.25) is 23.6 Å². The quantitative estimate of drug-likeness (QED) is 0.394. The molecule has 4 heterocycles. The fourth-order valence-electron chi connectivity index (χ4n) is 5.41. The minimum absolute atomic E-state index is 0.0424. The number of piperidine rings is 1. The van der Waals surface area contributed by atoms with Crippen LogP contribution in [0.5, 0.6) is 11.8 Å². The van der Waals surface area contributed by atoms with E-state index in [9.17, 15) is 22.8 Å². The Balaban J connectivity index is 1.52. The molecule has 0 saturated carbocycles. The van der Waals surface area contributed by atoms with Gasteiger partial charge in [0.25, 0.3) is 5.56 Å². The number of hydrogen-bond donors (Lipinski definition) is 1. The molecule has 0 atom stereocenters. The number of amides is 1. The van der Waals surface area contributed by atoms with E-state index in [0.29, 0.717) is 23.9 Å². The van der Waals surface area contributed by atoms with Crippen LogP contribution in [0, 0.1) is 11.8 Å².